The smallest absolute Gasteiger partial charge is 0.245 e. The Labute approximate surface area is 128 Å². The molecule has 0 radical (unpaired) electrons. The summed E-state index contributed by atoms with van der Waals surface area (Å²) in [6, 6.07) is 0. The first kappa shape index (κ1) is 17.5. The molecular weight excluding hydrogens is 264 g/mol. The van der Waals surface area contributed by atoms with Gasteiger partial charge in [0.2, 0.25) is 11.8 Å². The van der Waals surface area contributed by atoms with Gasteiger partial charge >= 0.3 is 0 Å². The monoisotopic (exact) mass is 292 g/mol. The molecule has 4 nitrogen and oxygen atoms in total. The number of hydrogen-bond donors (Lipinski definition) is 2. The van der Waals surface area contributed by atoms with Crippen molar-refractivity contribution in [2.45, 2.75) is 64.3 Å². The van der Waals surface area contributed by atoms with E-state index >= 15 is 0 Å². The van der Waals surface area contributed by atoms with Crippen molar-refractivity contribution in [3.05, 3.63) is 24.3 Å². The molecule has 118 valence electrons. The lowest BCUT2D eigenvalue weighted by atomic mass is 9.80. The third kappa shape index (κ3) is 5.74. The van der Waals surface area contributed by atoms with Gasteiger partial charge in [-0.05, 0) is 26.2 Å². The number of carbonyl (C=O) groups is 2. The van der Waals surface area contributed by atoms with Crippen molar-refractivity contribution in [1.82, 2.24) is 10.6 Å². The van der Waals surface area contributed by atoms with Crippen LogP contribution >= 0.6 is 0 Å². The van der Waals surface area contributed by atoms with E-state index in [1.807, 2.05) is 13.0 Å². The molecule has 21 heavy (non-hydrogen) atoms. The van der Waals surface area contributed by atoms with Gasteiger partial charge in [-0.15, -0.1) is 0 Å². The average molecular weight is 292 g/mol. The maximum Gasteiger partial charge on any atom is 0.245 e. The number of allylic oxidation sites excluding steroid dienone is 3. The van der Waals surface area contributed by atoms with Gasteiger partial charge in [-0.3, -0.25) is 9.59 Å². The van der Waals surface area contributed by atoms with E-state index in [2.05, 4.69) is 17.6 Å². The number of rotatable bonds is 7. The van der Waals surface area contributed by atoms with E-state index in [1.165, 1.54) is 6.08 Å². The van der Waals surface area contributed by atoms with Gasteiger partial charge in [0.25, 0.3) is 0 Å². The summed E-state index contributed by atoms with van der Waals surface area (Å²) in [6.07, 6.45) is 13.4. The van der Waals surface area contributed by atoms with E-state index in [-0.39, 0.29) is 11.8 Å². The van der Waals surface area contributed by atoms with Crippen molar-refractivity contribution in [3.8, 4) is 0 Å². The van der Waals surface area contributed by atoms with E-state index in [4.69, 9.17) is 0 Å². The summed E-state index contributed by atoms with van der Waals surface area (Å²) in [7, 11) is 0. The van der Waals surface area contributed by atoms with Crippen LogP contribution in [0.2, 0.25) is 0 Å². The Hall–Kier alpha value is -1.58. The Kier molecular flexibility index (Phi) is 7.80. The first-order valence-corrected chi connectivity index (χ1v) is 8.04. The summed E-state index contributed by atoms with van der Waals surface area (Å²) in [4.78, 5) is 24.5. The zero-order valence-corrected chi connectivity index (χ0v) is 13.3. The second-order valence-electron chi connectivity index (χ2n) is 5.63. The number of amides is 2. The van der Waals surface area contributed by atoms with Gasteiger partial charge in [0.05, 0.1) is 0 Å². The zero-order chi connectivity index (χ0) is 15.6. The van der Waals surface area contributed by atoms with Gasteiger partial charge in [0.1, 0.15) is 5.54 Å². The van der Waals surface area contributed by atoms with Gasteiger partial charge in [-0.2, -0.15) is 0 Å². The summed E-state index contributed by atoms with van der Waals surface area (Å²) in [5, 5.41) is 5.92. The first-order valence-electron chi connectivity index (χ1n) is 8.04. The van der Waals surface area contributed by atoms with E-state index in [0.717, 1.165) is 44.9 Å². The van der Waals surface area contributed by atoms with Crippen molar-refractivity contribution in [2.24, 2.45) is 0 Å². The SMILES string of the molecule is CC=CC=CC(=O)NC1(C(=O)NCCCC)CCCCC1. The topological polar surface area (TPSA) is 58.2 Å². The van der Waals surface area contributed by atoms with Crippen LogP contribution in [0.5, 0.6) is 0 Å². The van der Waals surface area contributed by atoms with Crippen LogP contribution < -0.4 is 10.6 Å². The van der Waals surface area contributed by atoms with Crippen LogP contribution in [0.25, 0.3) is 0 Å². The van der Waals surface area contributed by atoms with Crippen molar-refractivity contribution >= 4 is 11.8 Å². The number of nitrogens with one attached hydrogen (secondary N) is 2. The lowest BCUT2D eigenvalue weighted by Crippen LogP contribution is -2.59. The predicted molar refractivity (Wildman–Crippen MR) is 85.8 cm³/mol. The normalized spacial score (nSPS) is 18.0. The predicted octanol–water partition coefficient (Wildman–Crippen LogP) is 2.85. The van der Waals surface area contributed by atoms with Crippen molar-refractivity contribution < 1.29 is 9.59 Å². The van der Waals surface area contributed by atoms with Crippen LogP contribution in [0.15, 0.2) is 24.3 Å². The van der Waals surface area contributed by atoms with E-state index < -0.39 is 5.54 Å². The minimum atomic E-state index is -0.719. The van der Waals surface area contributed by atoms with Crippen LogP contribution in [0, 0.1) is 0 Å². The fraction of sp³-hybridized carbons (Fsp3) is 0.647. The van der Waals surface area contributed by atoms with Gasteiger partial charge < -0.3 is 10.6 Å². The lowest BCUT2D eigenvalue weighted by molar-refractivity contribution is -0.133. The molecule has 0 saturated heterocycles. The summed E-state index contributed by atoms with van der Waals surface area (Å²) >= 11 is 0. The highest BCUT2D eigenvalue weighted by Gasteiger charge is 2.40. The van der Waals surface area contributed by atoms with Gasteiger partial charge in [-0.25, -0.2) is 0 Å². The minimum Gasteiger partial charge on any atom is -0.354 e. The molecule has 1 saturated carbocycles. The molecule has 0 spiro atoms. The lowest BCUT2D eigenvalue weighted by Gasteiger charge is -2.36. The highest BCUT2D eigenvalue weighted by molar-refractivity contribution is 5.95. The largest absolute Gasteiger partial charge is 0.354 e. The molecule has 0 bridgehead atoms. The molecule has 2 N–H and O–H groups in total. The van der Waals surface area contributed by atoms with Crippen molar-refractivity contribution in [3.63, 3.8) is 0 Å². The summed E-state index contributed by atoms with van der Waals surface area (Å²) in [5.41, 5.74) is -0.719. The second kappa shape index (κ2) is 9.37. The molecule has 0 aliphatic heterocycles. The summed E-state index contributed by atoms with van der Waals surface area (Å²) in [6.45, 7) is 4.67. The molecular formula is C17H28N2O2. The maximum absolute atomic E-state index is 12.5. The van der Waals surface area contributed by atoms with Gasteiger partial charge in [0, 0.05) is 12.6 Å². The summed E-state index contributed by atoms with van der Waals surface area (Å²) < 4.78 is 0. The van der Waals surface area contributed by atoms with Crippen LogP contribution in [0.4, 0.5) is 0 Å². The molecule has 0 atom stereocenters. The van der Waals surface area contributed by atoms with Gasteiger partial charge in [0.15, 0.2) is 0 Å². The quantitative estimate of drug-likeness (QED) is 0.430. The Morgan fingerprint density at radius 1 is 1.14 bits per heavy atom. The Balaban J connectivity index is 2.69. The molecule has 1 rings (SSSR count). The average Bonchev–Trinajstić information content (AvgIpc) is 2.48. The molecule has 0 unspecified atom stereocenters. The van der Waals surface area contributed by atoms with Crippen molar-refractivity contribution in [1.29, 1.82) is 0 Å². The third-order valence-corrected chi connectivity index (χ3v) is 3.87. The van der Waals surface area contributed by atoms with Crippen LogP contribution in [-0.4, -0.2) is 23.9 Å². The van der Waals surface area contributed by atoms with Crippen LogP contribution in [0.1, 0.15) is 58.8 Å². The fourth-order valence-corrected chi connectivity index (χ4v) is 2.64. The first-order chi connectivity index (χ1) is 10.1. The second-order valence-corrected chi connectivity index (χ2v) is 5.63. The molecule has 1 aliphatic rings. The van der Waals surface area contributed by atoms with Crippen LogP contribution in [-0.2, 0) is 9.59 Å². The van der Waals surface area contributed by atoms with Crippen molar-refractivity contribution in [2.75, 3.05) is 6.54 Å². The molecule has 0 aromatic heterocycles. The van der Waals surface area contributed by atoms with E-state index in [1.54, 1.807) is 12.2 Å². The summed E-state index contributed by atoms with van der Waals surface area (Å²) in [5.74, 6) is -0.218. The third-order valence-electron chi connectivity index (χ3n) is 3.87. The Morgan fingerprint density at radius 3 is 2.48 bits per heavy atom. The fourth-order valence-electron chi connectivity index (χ4n) is 2.64. The maximum atomic E-state index is 12.5. The molecule has 1 fully saturated rings. The molecule has 2 amide bonds. The Bertz CT molecular complexity index is 394. The minimum absolute atomic E-state index is 0.0246. The number of unbranched alkanes of at least 4 members (excludes halogenated alkanes) is 1. The van der Waals surface area contributed by atoms with E-state index in [9.17, 15) is 9.59 Å². The standard InChI is InChI=1S/C17H28N2O2/c1-3-5-8-11-15(20)19-17(12-9-7-10-13-17)16(21)18-14-6-4-2/h3,5,8,11H,4,6-7,9-10,12-14H2,1-2H3,(H,18,21)(H,19,20). The number of carbonyl (C=O) groups excluding carboxylic acids is 2. The molecule has 1 aliphatic carbocycles. The van der Waals surface area contributed by atoms with Gasteiger partial charge in [-0.1, -0.05) is 50.8 Å². The van der Waals surface area contributed by atoms with Crippen LogP contribution in [0.3, 0.4) is 0 Å². The highest BCUT2D eigenvalue weighted by Crippen LogP contribution is 2.28. The molecule has 0 heterocycles. The molecule has 4 heteroatoms. The zero-order valence-electron chi connectivity index (χ0n) is 13.3. The molecule has 0 aromatic carbocycles. The van der Waals surface area contributed by atoms with E-state index in [0.29, 0.717) is 6.54 Å². The highest BCUT2D eigenvalue weighted by atomic mass is 16.2. The number of hydrogen-bond acceptors (Lipinski definition) is 2. The molecule has 0 aromatic rings. The Morgan fingerprint density at radius 2 is 1.86 bits per heavy atom.